The Kier molecular flexibility index (Phi) is 4.21. The Morgan fingerprint density at radius 3 is 1.85 bits per heavy atom. The Hall–Kier alpha value is -4.93. The van der Waals surface area contributed by atoms with Gasteiger partial charge in [0.2, 0.25) is 0 Å². The number of fused-ring (bicyclic) bond motifs is 12. The molecule has 3 nitrogen and oxygen atoms in total. The van der Waals surface area contributed by atoms with Crippen LogP contribution in [0.4, 0.5) is 0 Å². The summed E-state index contributed by atoms with van der Waals surface area (Å²) < 4.78 is 7.53. The van der Waals surface area contributed by atoms with Gasteiger partial charge in [0.05, 0.1) is 38.7 Å². The van der Waals surface area contributed by atoms with E-state index in [0.717, 1.165) is 5.69 Å². The van der Waals surface area contributed by atoms with Gasteiger partial charge in [0.1, 0.15) is 0 Å². The van der Waals surface area contributed by atoms with Crippen LogP contribution in [0.5, 0.6) is 0 Å². The fraction of sp³-hybridized carbons (Fsp3) is 0. The van der Waals surface area contributed by atoms with Gasteiger partial charge in [0, 0.05) is 48.9 Å². The number of hydrogen-bond donors (Lipinski definition) is 0. The standard InChI is InChI=1S/C35H21N3S/c1-2-11-22(12-3-1)37-28-18-8-5-15-25(28)32-33-30(31-26-16-6-9-19-29(26)39-35(31)34(32)37)24-14-4-7-17-27(24)38(33)23-13-10-20-36-21-23/h1-21H. The number of nitrogens with zero attached hydrogens (tertiary/aromatic N) is 3. The Bertz CT molecular complexity index is 2370. The molecule has 0 radical (unpaired) electrons. The monoisotopic (exact) mass is 515 g/mol. The minimum absolute atomic E-state index is 1.07. The first-order chi connectivity index (χ1) is 19.4. The molecule has 4 aromatic heterocycles. The molecule has 182 valence electrons. The van der Waals surface area contributed by atoms with Crippen LogP contribution in [0.2, 0.25) is 0 Å². The molecule has 0 atom stereocenters. The third-order valence-corrected chi connectivity index (χ3v) is 9.14. The summed E-state index contributed by atoms with van der Waals surface area (Å²) in [6.07, 6.45) is 3.82. The smallest absolute Gasteiger partial charge is 0.0741 e. The first-order valence-electron chi connectivity index (χ1n) is 13.2. The lowest BCUT2D eigenvalue weighted by Gasteiger charge is -2.11. The van der Waals surface area contributed by atoms with Gasteiger partial charge in [-0.1, -0.05) is 72.8 Å². The van der Waals surface area contributed by atoms with Crippen molar-refractivity contribution in [3.8, 4) is 11.4 Å². The van der Waals surface area contributed by atoms with Crippen molar-refractivity contribution in [1.82, 2.24) is 14.1 Å². The van der Waals surface area contributed by atoms with Crippen molar-refractivity contribution in [1.29, 1.82) is 0 Å². The zero-order valence-corrected chi connectivity index (χ0v) is 21.7. The number of benzene rings is 5. The topological polar surface area (TPSA) is 22.8 Å². The highest BCUT2D eigenvalue weighted by molar-refractivity contribution is 7.27. The number of aromatic nitrogens is 3. The molecule has 0 fully saturated rings. The predicted molar refractivity (Wildman–Crippen MR) is 166 cm³/mol. The molecule has 0 amide bonds. The summed E-state index contributed by atoms with van der Waals surface area (Å²) in [6, 6.07) is 41.5. The molecule has 0 aliphatic heterocycles. The van der Waals surface area contributed by atoms with Gasteiger partial charge in [-0.3, -0.25) is 4.98 Å². The fourth-order valence-corrected chi connectivity index (χ4v) is 7.73. The average molecular weight is 516 g/mol. The molecule has 0 aliphatic carbocycles. The van der Waals surface area contributed by atoms with E-state index >= 15 is 0 Å². The van der Waals surface area contributed by atoms with Crippen molar-refractivity contribution >= 4 is 75.1 Å². The molecule has 39 heavy (non-hydrogen) atoms. The van der Waals surface area contributed by atoms with Crippen LogP contribution in [0.3, 0.4) is 0 Å². The van der Waals surface area contributed by atoms with Crippen LogP contribution in [0.15, 0.2) is 128 Å². The fourth-order valence-electron chi connectivity index (χ4n) is 6.48. The number of para-hydroxylation sites is 3. The molecule has 5 aromatic carbocycles. The number of thiophene rings is 1. The Labute approximate surface area is 227 Å². The maximum atomic E-state index is 4.53. The zero-order chi connectivity index (χ0) is 25.5. The Morgan fingerprint density at radius 1 is 0.487 bits per heavy atom. The summed E-state index contributed by atoms with van der Waals surface area (Å²) in [5, 5.41) is 7.76. The van der Waals surface area contributed by atoms with Gasteiger partial charge < -0.3 is 9.13 Å². The van der Waals surface area contributed by atoms with Gasteiger partial charge in [-0.25, -0.2) is 0 Å². The number of rotatable bonds is 2. The largest absolute Gasteiger partial charge is 0.308 e. The summed E-state index contributed by atoms with van der Waals surface area (Å²) in [6.45, 7) is 0. The lowest BCUT2D eigenvalue weighted by Crippen LogP contribution is -1.96. The molecule has 4 heterocycles. The van der Waals surface area contributed by atoms with E-state index in [1.807, 2.05) is 29.8 Å². The number of hydrogen-bond acceptors (Lipinski definition) is 2. The van der Waals surface area contributed by atoms with Crippen molar-refractivity contribution < 1.29 is 0 Å². The first-order valence-corrected chi connectivity index (χ1v) is 14.0. The molecule has 0 N–H and O–H groups in total. The molecule has 0 aliphatic rings. The van der Waals surface area contributed by atoms with Crippen LogP contribution < -0.4 is 0 Å². The quantitative estimate of drug-likeness (QED) is 0.225. The maximum absolute atomic E-state index is 4.53. The second-order valence-electron chi connectivity index (χ2n) is 10.0. The van der Waals surface area contributed by atoms with E-state index in [2.05, 4.69) is 123 Å². The molecule has 0 bridgehead atoms. The van der Waals surface area contributed by atoms with Crippen molar-refractivity contribution in [3.63, 3.8) is 0 Å². The van der Waals surface area contributed by atoms with E-state index in [-0.39, 0.29) is 0 Å². The van der Waals surface area contributed by atoms with Gasteiger partial charge >= 0.3 is 0 Å². The SMILES string of the molecule is c1ccc(-n2c3ccccc3c3c2c2sc4ccccc4c2c2c4ccccc4n(-c4cccnc4)c23)cc1. The van der Waals surface area contributed by atoms with Crippen molar-refractivity contribution in [3.05, 3.63) is 128 Å². The minimum atomic E-state index is 1.07. The van der Waals surface area contributed by atoms with Crippen molar-refractivity contribution in [2.45, 2.75) is 0 Å². The van der Waals surface area contributed by atoms with E-state index < -0.39 is 0 Å². The molecule has 9 aromatic rings. The van der Waals surface area contributed by atoms with E-state index in [9.17, 15) is 0 Å². The van der Waals surface area contributed by atoms with Crippen LogP contribution in [-0.4, -0.2) is 14.1 Å². The van der Waals surface area contributed by atoms with Gasteiger partial charge in [0.15, 0.2) is 0 Å². The lowest BCUT2D eigenvalue weighted by molar-refractivity contribution is 1.14. The number of pyridine rings is 1. The maximum Gasteiger partial charge on any atom is 0.0741 e. The van der Waals surface area contributed by atoms with Crippen LogP contribution >= 0.6 is 11.3 Å². The highest BCUT2D eigenvalue weighted by Gasteiger charge is 2.26. The van der Waals surface area contributed by atoms with Crippen LogP contribution in [-0.2, 0) is 0 Å². The van der Waals surface area contributed by atoms with E-state index in [4.69, 9.17) is 0 Å². The molecule has 9 rings (SSSR count). The molecule has 0 spiro atoms. The molecule has 0 saturated carbocycles. The summed E-state index contributed by atoms with van der Waals surface area (Å²) in [4.78, 5) is 4.53. The van der Waals surface area contributed by atoms with Crippen molar-refractivity contribution in [2.24, 2.45) is 0 Å². The second kappa shape index (κ2) is 7.79. The zero-order valence-electron chi connectivity index (χ0n) is 20.9. The van der Waals surface area contributed by atoms with Crippen molar-refractivity contribution in [2.75, 3.05) is 0 Å². The summed E-state index contributed by atoms with van der Waals surface area (Å²) in [7, 11) is 0. The third kappa shape index (κ3) is 2.73. The summed E-state index contributed by atoms with van der Waals surface area (Å²) >= 11 is 1.90. The van der Waals surface area contributed by atoms with Crippen LogP contribution in [0.1, 0.15) is 0 Å². The van der Waals surface area contributed by atoms with E-state index in [0.29, 0.717) is 0 Å². The average Bonchev–Trinajstić information content (AvgIpc) is 3.66. The van der Waals surface area contributed by atoms with Gasteiger partial charge in [-0.2, -0.15) is 0 Å². The van der Waals surface area contributed by atoms with Crippen LogP contribution in [0, 0.1) is 0 Å². The highest BCUT2D eigenvalue weighted by atomic mass is 32.1. The van der Waals surface area contributed by atoms with Gasteiger partial charge in [-0.05, 0) is 42.5 Å². The first kappa shape index (κ1) is 21.1. The predicted octanol–water partition coefficient (Wildman–Crippen LogP) is 9.64. The Balaban J connectivity index is 1.70. The molecule has 0 unspecified atom stereocenters. The van der Waals surface area contributed by atoms with E-state index in [1.54, 1.807) is 0 Å². The summed E-state index contributed by atoms with van der Waals surface area (Å²) in [5.74, 6) is 0. The molecular formula is C35H21N3S. The molecular weight excluding hydrogens is 494 g/mol. The Morgan fingerprint density at radius 2 is 1.10 bits per heavy atom. The highest BCUT2D eigenvalue weighted by Crippen LogP contribution is 2.50. The molecule has 4 heteroatoms. The van der Waals surface area contributed by atoms with Gasteiger partial charge in [0.25, 0.3) is 0 Å². The lowest BCUT2D eigenvalue weighted by atomic mass is 10.0. The van der Waals surface area contributed by atoms with E-state index in [1.165, 1.54) is 69.5 Å². The molecule has 0 saturated heterocycles. The van der Waals surface area contributed by atoms with Crippen LogP contribution in [0.25, 0.3) is 75.2 Å². The van der Waals surface area contributed by atoms with Gasteiger partial charge in [-0.15, -0.1) is 11.3 Å². The minimum Gasteiger partial charge on any atom is -0.308 e. The third-order valence-electron chi connectivity index (χ3n) is 7.97. The second-order valence-corrected chi connectivity index (χ2v) is 11.1. The normalized spacial score (nSPS) is 12.1. The summed E-state index contributed by atoms with van der Waals surface area (Å²) in [5.41, 5.74) is 7.15.